The minimum absolute atomic E-state index is 0.0951. The number of aryl methyl sites for hydroxylation is 2. The number of carbonyl (C=O) groups excluding carboxylic acids is 1. The van der Waals surface area contributed by atoms with Crippen LogP contribution in [-0.4, -0.2) is 25.7 Å². The second-order valence-electron chi connectivity index (χ2n) is 5.65. The lowest BCUT2D eigenvalue weighted by Crippen LogP contribution is -2.28. The molecule has 0 bridgehead atoms. The van der Waals surface area contributed by atoms with Crippen molar-refractivity contribution < 1.29 is 4.79 Å². The summed E-state index contributed by atoms with van der Waals surface area (Å²) in [7, 11) is 0. The second kappa shape index (κ2) is 7.04. The Hall–Kier alpha value is -3.02. The summed E-state index contributed by atoms with van der Waals surface area (Å²) in [6.07, 6.45) is 3.41. The number of rotatable bonds is 5. The van der Waals surface area contributed by atoms with E-state index in [1.807, 2.05) is 44.2 Å². The molecule has 24 heavy (non-hydrogen) atoms. The molecule has 3 rings (SSSR count). The molecule has 2 heterocycles. The molecule has 6 heteroatoms. The Morgan fingerprint density at radius 3 is 2.83 bits per heavy atom. The molecule has 122 valence electrons. The third-order valence-corrected chi connectivity index (χ3v) is 3.64. The van der Waals surface area contributed by atoms with E-state index < -0.39 is 0 Å². The fourth-order valence-corrected chi connectivity index (χ4v) is 2.40. The van der Waals surface area contributed by atoms with Gasteiger partial charge in [0.15, 0.2) is 5.82 Å². The van der Waals surface area contributed by atoms with Gasteiger partial charge < -0.3 is 5.32 Å². The van der Waals surface area contributed by atoms with Crippen LogP contribution in [0.4, 0.5) is 0 Å². The fourth-order valence-electron chi connectivity index (χ4n) is 2.40. The Bertz CT molecular complexity index is 842. The average molecular weight is 321 g/mol. The zero-order chi connectivity index (χ0) is 16.9. The van der Waals surface area contributed by atoms with Gasteiger partial charge in [0.25, 0.3) is 0 Å². The average Bonchev–Trinajstić information content (AvgIpc) is 2.95. The number of aromatic nitrogens is 4. The van der Waals surface area contributed by atoms with Crippen LogP contribution in [0.15, 0.2) is 48.8 Å². The maximum Gasteiger partial charge on any atom is 0.242 e. The molecule has 0 saturated heterocycles. The predicted molar refractivity (Wildman–Crippen MR) is 91.0 cm³/mol. The summed E-state index contributed by atoms with van der Waals surface area (Å²) in [5, 5.41) is 7.30. The number of carbonyl (C=O) groups is 1. The molecule has 6 nitrogen and oxygen atoms in total. The summed E-state index contributed by atoms with van der Waals surface area (Å²) >= 11 is 0. The van der Waals surface area contributed by atoms with Crippen LogP contribution >= 0.6 is 0 Å². The normalized spacial score (nSPS) is 10.6. The van der Waals surface area contributed by atoms with Crippen molar-refractivity contribution in [3.05, 3.63) is 65.7 Å². The van der Waals surface area contributed by atoms with Crippen molar-refractivity contribution >= 4 is 5.91 Å². The first-order valence-electron chi connectivity index (χ1n) is 7.76. The van der Waals surface area contributed by atoms with Crippen molar-refractivity contribution in [2.75, 3.05) is 0 Å². The van der Waals surface area contributed by atoms with Gasteiger partial charge in [0.1, 0.15) is 12.4 Å². The van der Waals surface area contributed by atoms with Crippen LogP contribution in [0.25, 0.3) is 11.4 Å². The van der Waals surface area contributed by atoms with Gasteiger partial charge >= 0.3 is 0 Å². The molecular weight excluding hydrogens is 302 g/mol. The molecule has 0 fully saturated rings. The number of amides is 1. The Morgan fingerprint density at radius 1 is 1.21 bits per heavy atom. The lowest BCUT2D eigenvalue weighted by Gasteiger charge is -2.07. The molecular formula is C18H19N5O. The minimum atomic E-state index is -0.0951. The van der Waals surface area contributed by atoms with E-state index in [-0.39, 0.29) is 12.5 Å². The summed E-state index contributed by atoms with van der Waals surface area (Å²) in [5.74, 6) is 1.17. The monoisotopic (exact) mass is 321 g/mol. The van der Waals surface area contributed by atoms with E-state index in [0.717, 1.165) is 11.1 Å². The fraction of sp³-hybridized carbons (Fsp3) is 0.222. The van der Waals surface area contributed by atoms with Gasteiger partial charge in [-0.15, -0.1) is 0 Å². The predicted octanol–water partition coefficient (Wildman–Crippen LogP) is 2.27. The number of pyridine rings is 1. The van der Waals surface area contributed by atoms with Crippen molar-refractivity contribution in [1.29, 1.82) is 0 Å². The largest absolute Gasteiger partial charge is 0.350 e. The lowest BCUT2D eigenvalue weighted by molar-refractivity contribution is -0.122. The van der Waals surface area contributed by atoms with Gasteiger partial charge in [0, 0.05) is 24.5 Å². The number of nitrogens with zero attached hydrogens (tertiary/aromatic N) is 4. The minimum Gasteiger partial charge on any atom is -0.350 e. The van der Waals surface area contributed by atoms with Gasteiger partial charge in [0.05, 0.1) is 0 Å². The topological polar surface area (TPSA) is 72.7 Å². The van der Waals surface area contributed by atoms with Crippen molar-refractivity contribution in [3.63, 3.8) is 0 Å². The summed E-state index contributed by atoms with van der Waals surface area (Å²) in [5.41, 5.74) is 3.09. The zero-order valence-electron chi connectivity index (χ0n) is 13.7. The van der Waals surface area contributed by atoms with Gasteiger partial charge in [0.2, 0.25) is 5.91 Å². The van der Waals surface area contributed by atoms with E-state index in [0.29, 0.717) is 18.2 Å². The molecule has 0 unspecified atom stereocenters. The molecule has 1 aromatic carbocycles. The summed E-state index contributed by atoms with van der Waals surface area (Å²) in [4.78, 5) is 20.6. The lowest BCUT2D eigenvalue weighted by atomic mass is 10.1. The zero-order valence-corrected chi connectivity index (χ0v) is 13.7. The first-order chi connectivity index (χ1) is 11.6. The molecule has 0 aliphatic heterocycles. The molecule has 0 aliphatic carbocycles. The maximum absolute atomic E-state index is 12.2. The first-order valence-corrected chi connectivity index (χ1v) is 7.76. The standard InChI is InChI=1S/C18H19N5O/c1-13-5-3-6-15(9-13)10-20-17(24)12-23-14(2)21-18(22-23)16-7-4-8-19-11-16/h3-9,11H,10,12H2,1-2H3,(H,20,24). The SMILES string of the molecule is Cc1cccc(CNC(=O)Cn2nc(-c3cccnc3)nc2C)c1. The highest BCUT2D eigenvalue weighted by atomic mass is 16.2. The Kier molecular flexibility index (Phi) is 4.65. The Labute approximate surface area is 140 Å². The van der Waals surface area contributed by atoms with Crippen LogP contribution < -0.4 is 5.32 Å². The van der Waals surface area contributed by atoms with Crippen LogP contribution in [0.1, 0.15) is 17.0 Å². The number of hydrogen-bond acceptors (Lipinski definition) is 4. The van der Waals surface area contributed by atoms with Gasteiger partial charge in [-0.3, -0.25) is 9.78 Å². The third kappa shape index (κ3) is 3.84. The molecule has 1 amide bonds. The van der Waals surface area contributed by atoms with Crippen LogP contribution in [0, 0.1) is 13.8 Å². The number of benzene rings is 1. The van der Waals surface area contributed by atoms with Gasteiger partial charge in [-0.05, 0) is 31.5 Å². The van der Waals surface area contributed by atoms with E-state index in [2.05, 4.69) is 26.4 Å². The van der Waals surface area contributed by atoms with Gasteiger partial charge in [-0.25, -0.2) is 9.67 Å². The van der Waals surface area contributed by atoms with Crippen molar-refractivity contribution in [1.82, 2.24) is 25.1 Å². The molecule has 0 radical (unpaired) electrons. The molecule has 3 aromatic rings. The highest BCUT2D eigenvalue weighted by molar-refractivity contribution is 5.75. The highest BCUT2D eigenvalue weighted by Gasteiger charge is 2.11. The highest BCUT2D eigenvalue weighted by Crippen LogP contribution is 2.13. The van der Waals surface area contributed by atoms with E-state index in [1.54, 1.807) is 17.1 Å². The smallest absolute Gasteiger partial charge is 0.242 e. The third-order valence-electron chi connectivity index (χ3n) is 3.64. The Balaban J connectivity index is 1.63. The van der Waals surface area contributed by atoms with Crippen LogP contribution in [0.2, 0.25) is 0 Å². The molecule has 0 spiro atoms. The van der Waals surface area contributed by atoms with E-state index >= 15 is 0 Å². The Morgan fingerprint density at radius 2 is 2.08 bits per heavy atom. The molecule has 0 aliphatic rings. The van der Waals surface area contributed by atoms with Crippen LogP contribution in [0.5, 0.6) is 0 Å². The second-order valence-corrected chi connectivity index (χ2v) is 5.65. The molecule has 1 N–H and O–H groups in total. The number of hydrogen-bond donors (Lipinski definition) is 1. The maximum atomic E-state index is 12.2. The summed E-state index contributed by atoms with van der Waals surface area (Å²) in [6.45, 7) is 4.51. The van der Waals surface area contributed by atoms with E-state index in [9.17, 15) is 4.79 Å². The summed E-state index contributed by atoms with van der Waals surface area (Å²) < 4.78 is 1.61. The van der Waals surface area contributed by atoms with Crippen molar-refractivity contribution in [2.45, 2.75) is 26.9 Å². The van der Waals surface area contributed by atoms with Crippen molar-refractivity contribution in [3.8, 4) is 11.4 Å². The molecule has 0 saturated carbocycles. The van der Waals surface area contributed by atoms with Crippen molar-refractivity contribution in [2.24, 2.45) is 0 Å². The van der Waals surface area contributed by atoms with Gasteiger partial charge in [-0.1, -0.05) is 29.8 Å². The van der Waals surface area contributed by atoms with E-state index in [4.69, 9.17) is 0 Å². The molecule has 0 atom stereocenters. The summed E-state index contributed by atoms with van der Waals surface area (Å²) in [6, 6.07) is 11.8. The van der Waals surface area contributed by atoms with Crippen LogP contribution in [0.3, 0.4) is 0 Å². The van der Waals surface area contributed by atoms with E-state index in [1.165, 1.54) is 5.56 Å². The molecule has 2 aromatic heterocycles. The number of nitrogens with one attached hydrogen (secondary N) is 1. The van der Waals surface area contributed by atoms with Crippen LogP contribution in [-0.2, 0) is 17.9 Å². The first kappa shape index (κ1) is 15.9. The quantitative estimate of drug-likeness (QED) is 0.782. The van der Waals surface area contributed by atoms with Gasteiger partial charge in [-0.2, -0.15) is 5.10 Å².